The van der Waals surface area contributed by atoms with Crippen molar-refractivity contribution in [2.24, 2.45) is 5.92 Å². The molecule has 0 atom stereocenters. The standard InChI is InChI=1S/C18H25F3N2O6S/c1-3-22(12-9-18(19,20)21)16(24)13-7-10-23(11-8-13)30(26,27)15-6-5-14(29-15)17(25)28-4-2/h5-6,13H,3-4,7-12H2,1-2H3. The summed E-state index contributed by atoms with van der Waals surface area (Å²) < 4.78 is 73.8. The number of carbonyl (C=O) groups excluding carboxylic acids is 2. The minimum atomic E-state index is -4.35. The Hall–Kier alpha value is -2.08. The molecule has 0 bridgehead atoms. The summed E-state index contributed by atoms with van der Waals surface area (Å²) in [6.07, 6.45) is -5.06. The first-order chi connectivity index (χ1) is 14.0. The van der Waals surface area contributed by atoms with Crippen LogP contribution >= 0.6 is 0 Å². The van der Waals surface area contributed by atoms with Crippen LogP contribution in [0.15, 0.2) is 21.6 Å². The number of rotatable bonds is 8. The maximum absolute atomic E-state index is 12.7. The van der Waals surface area contributed by atoms with Crippen LogP contribution in [0.2, 0.25) is 0 Å². The zero-order valence-electron chi connectivity index (χ0n) is 16.8. The molecule has 0 spiro atoms. The fourth-order valence-corrected chi connectivity index (χ4v) is 4.57. The second-order valence-corrected chi connectivity index (χ2v) is 8.67. The third-order valence-electron chi connectivity index (χ3n) is 4.81. The summed E-state index contributed by atoms with van der Waals surface area (Å²) in [5, 5.41) is -0.407. The maximum Gasteiger partial charge on any atom is 0.390 e. The predicted molar refractivity (Wildman–Crippen MR) is 99.1 cm³/mol. The van der Waals surface area contributed by atoms with Crippen molar-refractivity contribution in [3.63, 3.8) is 0 Å². The number of carbonyl (C=O) groups is 2. The Morgan fingerprint density at radius 3 is 2.40 bits per heavy atom. The lowest BCUT2D eigenvalue weighted by molar-refractivity contribution is -0.148. The van der Waals surface area contributed by atoms with Crippen molar-refractivity contribution >= 4 is 21.9 Å². The van der Waals surface area contributed by atoms with Crippen molar-refractivity contribution in [3.05, 3.63) is 17.9 Å². The van der Waals surface area contributed by atoms with Crippen LogP contribution in [0, 0.1) is 5.92 Å². The Labute approximate surface area is 173 Å². The van der Waals surface area contributed by atoms with E-state index in [4.69, 9.17) is 9.15 Å². The van der Waals surface area contributed by atoms with Gasteiger partial charge in [0, 0.05) is 32.1 Å². The summed E-state index contributed by atoms with van der Waals surface area (Å²) in [5.41, 5.74) is 0. The van der Waals surface area contributed by atoms with Crippen LogP contribution in [-0.4, -0.2) is 68.5 Å². The zero-order valence-corrected chi connectivity index (χ0v) is 17.6. The summed E-state index contributed by atoms with van der Waals surface area (Å²) in [6.45, 7) is 3.09. The number of nitrogens with zero attached hydrogens (tertiary/aromatic N) is 2. The van der Waals surface area contributed by atoms with Crippen molar-refractivity contribution in [3.8, 4) is 0 Å². The Kier molecular flexibility index (Phi) is 7.92. The number of halogens is 3. The second-order valence-electron chi connectivity index (χ2n) is 6.80. The van der Waals surface area contributed by atoms with Gasteiger partial charge in [-0.05, 0) is 38.8 Å². The number of furan rings is 1. The van der Waals surface area contributed by atoms with Crippen molar-refractivity contribution in [1.29, 1.82) is 0 Å². The summed E-state index contributed by atoms with van der Waals surface area (Å²) >= 11 is 0. The van der Waals surface area contributed by atoms with Crippen LogP contribution in [0.25, 0.3) is 0 Å². The van der Waals surface area contributed by atoms with Crippen molar-refractivity contribution in [2.45, 2.75) is 44.4 Å². The van der Waals surface area contributed by atoms with Crippen LogP contribution in [0.3, 0.4) is 0 Å². The van der Waals surface area contributed by atoms with Crippen LogP contribution in [0.1, 0.15) is 43.7 Å². The van der Waals surface area contributed by atoms with E-state index in [0.29, 0.717) is 0 Å². The number of hydrogen-bond acceptors (Lipinski definition) is 6. The molecular weight excluding hydrogens is 429 g/mol. The highest BCUT2D eigenvalue weighted by molar-refractivity contribution is 7.89. The number of piperidine rings is 1. The molecular formula is C18H25F3N2O6S. The van der Waals surface area contributed by atoms with Gasteiger partial charge in [-0.25, -0.2) is 13.2 Å². The van der Waals surface area contributed by atoms with Crippen LogP contribution < -0.4 is 0 Å². The average molecular weight is 454 g/mol. The molecule has 0 radical (unpaired) electrons. The van der Waals surface area contributed by atoms with Gasteiger partial charge in [-0.15, -0.1) is 0 Å². The molecule has 1 aromatic heterocycles. The molecule has 0 aliphatic carbocycles. The quantitative estimate of drug-likeness (QED) is 0.561. The number of hydrogen-bond donors (Lipinski definition) is 0. The first-order valence-electron chi connectivity index (χ1n) is 9.62. The van der Waals surface area contributed by atoms with E-state index < -0.39 is 52.1 Å². The summed E-state index contributed by atoms with van der Waals surface area (Å²) in [7, 11) is -4.01. The molecule has 1 amide bonds. The summed E-state index contributed by atoms with van der Waals surface area (Å²) in [4.78, 5) is 25.3. The van der Waals surface area contributed by atoms with Crippen LogP contribution in [0.5, 0.6) is 0 Å². The van der Waals surface area contributed by atoms with Crippen molar-refractivity contribution in [1.82, 2.24) is 9.21 Å². The molecule has 1 saturated heterocycles. The molecule has 12 heteroatoms. The molecule has 1 aliphatic heterocycles. The smallest absolute Gasteiger partial charge is 0.390 e. The van der Waals surface area contributed by atoms with Gasteiger partial charge in [0.2, 0.25) is 16.8 Å². The number of esters is 1. The molecule has 0 N–H and O–H groups in total. The monoisotopic (exact) mass is 454 g/mol. The molecule has 2 rings (SSSR count). The number of alkyl halides is 3. The minimum Gasteiger partial charge on any atom is -0.460 e. The predicted octanol–water partition coefficient (Wildman–Crippen LogP) is 2.66. The molecule has 1 aromatic rings. The van der Waals surface area contributed by atoms with Gasteiger partial charge in [0.1, 0.15) is 0 Å². The van der Waals surface area contributed by atoms with E-state index in [0.717, 1.165) is 15.3 Å². The van der Waals surface area contributed by atoms with E-state index in [1.807, 2.05) is 0 Å². The zero-order chi connectivity index (χ0) is 22.5. The largest absolute Gasteiger partial charge is 0.460 e. The van der Waals surface area contributed by atoms with Crippen LogP contribution in [-0.2, 0) is 19.6 Å². The van der Waals surface area contributed by atoms with E-state index in [9.17, 15) is 31.2 Å². The molecule has 0 unspecified atom stereocenters. The fraction of sp³-hybridized carbons (Fsp3) is 0.667. The second kappa shape index (κ2) is 9.82. The normalized spacial score (nSPS) is 16.4. The van der Waals surface area contributed by atoms with E-state index in [2.05, 4.69) is 0 Å². The molecule has 2 heterocycles. The third-order valence-corrected chi connectivity index (χ3v) is 6.59. The van der Waals surface area contributed by atoms with Gasteiger partial charge in [0.05, 0.1) is 13.0 Å². The van der Waals surface area contributed by atoms with Crippen molar-refractivity contribution in [2.75, 3.05) is 32.8 Å². The van der Waals surface area contributed by atoms with Gasteiger partial charge in [-0.2, -0.15) is 17.5 Å². The fourth-order valence-electron chi connectivity index (χ4n) is 3.19. The first kappa shape index (κ1) is 24.2. The SMILES string of the molecule is CCOC(=O)c1ccc(S(=O)(=O)N2CCC(C(=O)N(CC)CCC(F)(F)F)CC2)o1. The number of sulfonamides is 1. The highest BCUT2D eigenvalue weighted by Gasteiger charge is 2.36. The number of ether oxygens (including phenoxy) is 1. The van der Waals surface area contributed by atoms with Gasteiger partial charge in [0.25, 0.3) is 10.0 Å². The number of amides is 1. The molecule has 0 saturated carbocycles. The summed E-state index contributed by atoms with van der Waals surface area (Å²) in [6, 6.07) is 2.37. The topological polar surface area (TPSA) is 97.1 Å². The lowest BCUT2D eigenvalue weighted by Gasteiger charge is -2.33. The van der Waals surface area contributed by atoms with E-state index >= 15 is 0 Å². The minimum absolute atomic E-state index is 0.0189. The lowest BCUT2D eigenvalue weighted by atomic mass is 9.96. The van der Waals surface area contributed by atoms with Crippen molar-refractivity contribution < 1.29 is 40.3 Å². The average Bonchev–Trinajstić information content (AvgIpc) is 3.19. The van der Waals surface area contributed by atoms with E-state index in [-0.39, 0.29) is 44.8 Å². The molecule has 30 heavy (non-hydrogen) atoms. The molecule has 0 aromatic carbocycles. The van der Waals surface area contributed by atoms with Gasteiger partial charge < -0.3 is 14.1 Å². The molecule has 1 aliphatic rings. The van der Waals surface area contributed by atoms with Gasteiger partial charge in [0.15, 0.2) is 0 Å². The van der Waals surface area contributed by atoms with Gasteiger partial charge >= 0.3 is 12.1 Å². The van der Waals surface area contributed by atoms with Gasteiger partial charge in [-0.3, -0.25) is 4.79 Å². The maximum atomic E-state index is 12.7. The Bertz CT molecular complexity index is 844. The highest BCUT2D eigenvalue weighted by atomic mass is 32.2. The molecule has 8 nitrogen and oxygen atoms in total. The Morgan fingerprint density at radius 2 is 1.87 bits per heavy atom. The lowest BCUT2D eigenvalue weighted by Crippen LogP contribution is -2.45. The summed E-state index contributed by atoms with van der Waals surface area (Å²) in [5.74, 6) is -1.96. The van der Waals surface area contributed by atoms with E-state index in [1.165, 1.54) is 6.07 Å². The third kappa shape index (κ3) is 5.97. The molecule has 170 valence electrons. The molecule has 1 fully saturated rings. The first-order valence-corrected chi connectivity index (χ1v) is 11.1. The Morgan fingerprint density at radius 1 is 1.23 bits per heavy atom. The highest BCUT2D eigenvalue weighted by Crippen LogP contribution is 2.27. The van der Waals surface area contributed by atoms with E-state index in [1.54, 1.807) is 13.8 Å². The Balaban J connectivity index is 1.98. The van der Waals surface area contributed by atoms with Crippen LogP contribution in [0.4, 0.5) is 13.2 Å². The van der Waals surface area contributed by atoms with Gasteiger partial charge in [-0.1, -0.05) is 0 Å².